The molecule has 21 heavy (non-hydrogen) atoms. The lowest BCUT2D eigenvalue weighted by molar-refractivity contribution is 0.0690. The van der Waals surface area contributed by atoms with Gasteiger partial charge in [-0.25, -0.2) is 17.9 Å². The number of carboxylic acids is 1. The van der Waals surface area contributed by atoms with E-state index in [4.69, 9.17) is 5.11 Å². The number of aromatic amines is 1. The number of sulfonamides is 1. The summed E-state index contributed by atoms with van der Waals surface area (Å²) < 4.78 is 27.6. The van der Waals surface area contributed by atoms with Crippen LogP contribution in [0.15, 0.2) is 22.4 Å². The van der Waals surface area contributed by atoms with Gasteiger partial charge in [0.1, 0.15) is 10.6 Å². The van der Waals surface area contributed by atoms with Gasteiger partial charge < -0.3 is 10.1 Å². The van der Waals surface area contributed by atoms with Crippen molar-refractivity contribution in [2.75, 3.05) is 0 Å². The SMILES string of the molecule is Cc1[nH]c(C(=O)O)c(C)c1S(=O)(=O)N[C@@H](C)c1cccs1. The molecule has 8 heteroatoms. The van der Waals surface area contributed by atoms with Crippen LogP contribution in [0.4, 0.5) is 0 Å². The fourth-order valence-corrected chi connectivity index (χ4v) is 4.72. The number of H-pyrrole nitrogens is 1. The van der Waals surface area contributed by atoms with Crippen LogP contribution >= 0.6 is 11.3 Å². The second-order valence-corrected chi connectivity index (χ2v) is 7.37. The first-order chi connectivity index (χ1) is 9.74. The molecule has 0 aliphatic heterocycles. The summed E-state index contributed by atoms with van der Waals surface area (Å²) in [5.41, 5.74) is 0.429. The van der Waals surface area contributed by atoms with Gasteiger partial charge in [-0.2, -0.15) is 0 Å². The van der Waals surface area contributed by atoms with Crippen molar-refractivity contribution in [3.05, 3.63) is 39.3 Å². The van der Waals surface area contributed by atoms with Gasteiger partial charge in [-0.15, -0.1) is 11.3 Å². The molecular formula is C13H16N2O4S2. The predicted molar refractivity (Wildman–Crippen MR) is 80.3 cm³/mol. The first kappa shape index (κ1) is 15.7. The van der Waals surface area contributed by atoms with Gasteiger partial charge in [-0.3, -0.25) is 0 Å². The Hall–Kier alpha value is -1.64. The highest BCUT2D eigenvalue weighted by molar-refractivity contribution is 7.89. The lowest BCUT2D eigenvalue weighted by atomic mass is 10.2. The van der Waals surface area contributed by atoms with Crippen molar-refractivity contribution in [3.8, 4) is 0 Å². The summed E-state index contributed by atoms with van der Waals surface area (Å²) in [5, 5.41) is 10.9. The highest BCUT2D eigenvalue weighted by atomic mass is 32.2. The third kappa shape index (κ3) is 3.02. The van der Waals surface area contributed by atoms with Gasteiger partial charge in [0, 0.05) is 16.1 Å². The number of aromatic nitrogens is 1. The third-order valence-electron chi connectivity index (χ3n) is 3.15. The van der Waals surface area contributed by atoms with Crippen LogP contribution in [0.5, 0.6) is 0 Å². The normalized spacial score (nSPS) is 13.3. The van der Waals surface area contributed by atoms with Crippen LogP contribution in [0.3, 0.4) is 0 Å². The largest absolute Gasteiger partial charge is 0.477 e. The molecule has 0 aromatic carbocycles. The fraction of sp³-hybridized carbons (Fsp3) is 0.308. The minimum atomic E-state index is -3.80. The van der Waals surface area contributed by atoms with Crippen LogP contribution in [0.25, 0.3) is 0 Å². The summed E-state index contributed by atoms with van der Waals surface area (Å²) in [5.74, 6) is -1.18. The minimum Gasteiger partial charge on any atom is -0.477 e. The standard InChI is InChI=1S/C13H16N2O4S2/c1-7-11(13(16)17)14-9(3)12(7)21(18,19)15-8(2)10-5-4-6-20-10/h4-6,8,14-15H,1-3H3,(H,16,17)/t8-/m0/s1. The number of aryl methyl sites for hydroxylation is 1. The molecule has 2 rings (SSSR count). The molecule has 0 bridgehead atoms. The minimum absolute atomic E-state index is 0.00306. The molecule has 0 aliphatic rings. The van der Waals surface area contributed by atoms with E-state index in [1.807, 2.05) is 17.5 Å². The highest BCUT2D eigenvalue weighted by Crippen LogP contribution is 2.26. The van der Waals surface area contributed by atoms with Crippen molar-refractivity contribution in [3.63, 3.8) is 0 Å². The molecule has 0 radical (unpaired) electrons. The number of thiophene rings is 1. The maximum Gasteiger partial charge on any atom is 0.352 e. The van der Waals surface area contributed by atoms with Crippen molar-refractivity contribution in [1.82, 2.24) is 9.71 Å². The van der Waals surface area contributed by atoms with Crippen LogP contribution < -0.4 is 4.72 Å². The quantitative estimate of drug-likeness (QED) is 0.785. The monoisotopic (exact) mass is 328 g/mol. The Kier molecular flexibility index (Phi) is 4.22. The molecule has 0 saturated heterocycles. The Bertz CT molecular complexity index is 760. The summed E-state index contributed by atoms with van der Waals surface area (Å²) in [6.07, 6.45) is 0. The number of aromatic carboxylic acids is 1. The van der Waals surface area contributed by atoms with Gasteiger partial charge in [0.05, 0.1) is 6.04 Å². The zero-order valence-electron chi connectivity index (χ0n) is 11.8. The fourth-order valence-electron chi connectivity index (χ4n) is 2.24. The molecule has 2 aromatic rings. The highest BCUT2D eigenvalue weighted by Gasteiger charge is 2.28. The molecule has 114 valence electrons. The molecule has 0 unspecified atom stereocenters. The second kappa shape index (κ2) is 5.63. The number of carboxylic acid groups (broad SMARTS) is 1. The number of rotatable bonds is 5. The lowest BCUT2D eigenvalue weighted by Crippen LogP contribution is -2.27. The van der Waals surface area contributed by atoms with Gasteiger partial charge in [-0.05, 0) is 32.2 Å². The Morgan fingerprint density at radius 1 is 1.43 bits per heavy atom. The van der Waals surface area contributed by atoms with Crippen LogP contribution in [0, 0.1) is 13.8 Å². The zero-order chi connectivity index (χ0) is 15.8. The number of hydrogen-bond acceptors (Lipinski definition) is 4. The van der Waals surface area contributed by atoms with Gasteiger partial charge >= 0.3 is 5.97 Å². The maximum atomic E-state index is 12.5. The first-order valence-electron chi connectivity index (χ1n) is 6.22. The van der Waals surface area contributed by atoms with Gasteiger partial charge in [0.15, 0.2) is 0 Å². The van der Waals surface area contributed by atoms with Crippen molar-refractivity contribution < 1.29 is 18.3 Å². The van der Waals surface area contributed by atoms with E-state index in [0.29, 0.717) is 5.69 Å². The van der Waals surface area contributed by atoms with E-state index in [0.717, 1.165) is 4.88 Å². The van der Waals surface area contributed by atoms with Crippen molar-refractivity contribution in [2.45, 2.75) is 31.7 Å². The summed E-state index contributed by atoms with van der Waals surface area (Å²) in [6, 6.07) is 3.31. The summed E-state index contributed by atoms with van der Waals surface area (Å²) >= 11 is 1.46. The summed E-state index contributed by atoms with van der Waals surface area (Å²) in [4.78, 5) is 14.6. The van der Waals surface area contributed by atoms with E-state index in [2.05, 4.69) is 9.71 Å². The molecule has 0 amide bonds. The van der Waals surface area contributed by atoms with E-state index in [9.17, 15) is 13.2 Å². The van der Waals surface area contributed by atoms with Crippen molar-refractivity contribution in [1.29, 1.82) is 0 Å². The van der Waals surface area contributed by atoms with Gasteiger partial charge in [0.25, 0.3) is 0 Å². The van der Waals surface area contributed by atoms with Gasteiger partial charge in [-0.1, -0.05) is 6.07 Å². The Morgan fingerprint density at radius 2 is 2.10 bits per heavy atom. The third-order valence-corrected chi connectivity index (χ3v) is 6.02. The Morgan fingerprint density at radius 3 is 2.57 bits per heavy atom. The molecule has 0 aliphatic carbocycles. The van der Waals surface area contributed by atoms with Crippen LogP contribution in [-0.4, -0.2) is 24.5 Å². The van der Waals surface area contributed by atoms with Crippen LogP contribution in [-0.2, 0) is 10.0 Å². The van der Waals surface area contributed by atoms with E-state index in [1.165, 1.54) is 18.3 Å². The van der Waals surface area contributed by atoms with Gasteiger partial charge in [0.2, 0.25) is 10.0 Å². The zero-order valence-corrected chi connectivity index (χ0v) is 13.4. The molecule has 0 saturated carbocycles. The molecule has 3 N–H and O–H groups in total. The van der Waals surface area contributed by atoms with Crippen molar-refractivity contribution >= 4 is 27.3 Å². The molecule has 2 aromatic heterocycles. The van der Waals surface area contributed by atoms with Crippen LogP contribution in [0.2, 0.25) is 0 Å². The molecular weight excluding hydrogens is 312 g/mol. The van der Waals surface area contributed by atoms with Crippen LogP contribution in [0.1, 0.15) is 39.6 Å². The van der Waals surface area contributed by atoms with Crippen molar-refractivity contribution in [2.24, 2.45) is 0 Å². The summed E-state index contributed by atoms with van der Waals surface area (Å²) in [7, 11) is -3.80. The number of carbonyl (C=O) groups is 1. The first-order valence-corrected chi connectivity index (χ1v) is 8.58. The Labute approximate surface area is 126 Å². The molecule has 0 fully saturated rings. The molecule has 1 atom stereocenters. The average molecular weight is 328 g/mol. The molecule has 2 heterocycles. The van der Waals surface area contributed by atoms with E-state index < -0.39 is 16.0 Å². The molecule has 0 spiro atoms. The number of hydrogen-bond donors (Lipinski definition) is 3. The Balaban J connectivity index is 2.39. The average Bonchev–Trinajstić information content (AvgIpc) is 2.96. The lowest BCUT2D eigenvalue weighted by Gasteiger charge is -2.13. The maximum absolute atomic E-state index is 12.5. The second-order valence-electron chi connectivity index (χ2n) is 4.74. The van der Waals surface area contributed by atoms with E-state index in [1.54, 1.807) is 13.8 Å². The smallest absolute Gasteiger partial charge is 0.352 e. The molecule has 6 nitrogen and oxygen atoms in total. The topological polar surface area (TPSA) is 99.3 Å². The summed E-state index contributed by atoms with van der Waals surface area (Å²) in [6.45, 7) is 4.78. The van der Waals surface area contributed by atoms with E-state index in [-0.39, 0.29) is 22.2 Å². The predicted octanol–water partition coefficient (Wildman–Crippen LogP) is 2.43. The van der Waals surface area contributed by atoms with E-state index >= 15 is 0 Å². The number of nitrogens with one attached hydrogen (secondary N) is 2.